The van der Waals surface area contributed by atoms with E-state index in [-0.39, 0.29) is 12.6 Å². The highest BCUT2D eigenvalue weighted by Crippen LogP contribution is 1.93. The van der Waals surface area contributed by atoms with Gasteiger partial charge in [0.25, 0.3) is 0 Å². The van der Waals surface area contributed by atoms with Crippen molar-refractivity contribution >= 4 is 29.7 Å². The summed E-state index contributed by atoms with van der Waals surface area (Å²) in [5, 5.41) is 12.8. The van der Waals surface area contributed by atoms with E-state index in [2.05, 4.69) is 10.6 Å². The highest BCUT2D eigenvalue weighted by atomic mass is 32.2. The molecule has 3 N–H and O–H groups in total. The third-order valence-electron chi connectivity index (χ3n) is 1.81. The number of hydrogen-bond donors (Lipinski definition) is 3. The van der Waals surface area contributed by atoms with Crippen LogP contribution in [-0.2, 0) is 9.59 Å². The lowest BCUT2D eigenvalue weighted by Crippen LogP contribution is -2.44. The van der Waals surface area contributed by atoms with Crippen molar-refractivity contribution < 1.29 is 19.5 Å². The Morgan fingerprint density at radius 3 is 2.41 bits per heavy atom. The lowest BCUT2D eigenvalue weighted by Gasteiger charge is -2.16. The fraction of sp³-hybridized carbons (Fsp3) is 0.667. The zero-order valence-electron chi connectivity index (χ0n) is 9.86. The first-order valence-corrected chi connectivity index (χ1v) is 6.33. The van der Waals surface area contributed by atoms with E-state index in [4.69, 9.17) is 5.11 Å². The van der Waals surface area contributed by atoms with Crippen molar-refractivity contribution in [3.63, 3.8) is 0 Å². The first-order chi connectivity index (χ1) is 7.97. The molecule has 0 aromatic rings. The molecule has 17 heavy (non-hydrogen) atoms. The van der Waals surface area contributed by atoms with Crippen LogP contribution in [-0.4, -0.2) is 66.6 Å². The summed E-state index contributed by atoms with van der Waals surface area (Å²) in [5.74, 6) is -0.837. The number of urea groups is 1. The number of thioether (sulfide) groups is 1. The highest BCUT2D eigenvalue weighted by Gasteiger charge is 2.09. The van der Waals surface area contributed by atoms with Crippen molar-refractivity contribution in [2.45, 2.75) is 0 Å². The minimum absolute atomic E-state index is 0.226. The van der Waals surface area contributed by atoms with Crippen LogP contribution in [0.25, 0.3) is 0 Å². The molecule has 0 unspecified atom stereocenters. The Balaban J connectivity index is 3.75. The molecule has 0 aliphatic rings. The predicted octanol–water partition coefficient (Wildman–Crippen LogP) is -0.808. The molecule has 8 heteroatoms. The Hall–Kier alpha value is -1.44. The second-order valence-corrected chi connectivity index (χ2v) is 4.23. The summed E-state index contributed by atoms with van der Waals surface area (Å²) in [7, 11) is 1.63. The van der Waals surface area contributed by atoms with E-state index < -0.39 is 18.4 Å². The maximum absolute atomic E-state index is 11.4. The maximum Gasteiger partial charge on any atom is 0.322 e. The minimum atomic E-state index is -1.12. The van der Waals surface area contributed by atoms with Gasteiger partial charge in [-0.2, -0.15) is 11.8 Å². The Bertz CT molecular complexity index is 285. The van der Waals surface area contributed by atoms with Crippen LogP contribution >= 0.6 is 11.8 Å². The van der Waals surface area contributed by atoms with Gasteiger partial charge in [-0.15, -0.1) is 0 Å². The van der Waals surface area contributed by atoms with Crippen LogP contribution in [0.15, 0.2) is 0 Å². The molecule has 0 aliphatic heterocycles. The third kappa shape index (κ3) is 8.38. The van der Waals surface area contributed by atoms with Gasteiger partial charge in [0, 0.05) is 19.3 Å². The largest absolute Gasteiger partial charge is 0.480 e. The molecule has 0 spiro atoms. The fourth-order valence-corrected chi connectivity index (χ4v) is 1.31. The van der Waals surface area contributed by atoms with Crippen LogP contribution < -0.4 is 10.6 Å². The van der Waals surface area contributed by atoms with Crippen molar-refractivity contribution in [2.24, 2.45) is 0 Å². The molecule has 0 aromatic carbocycles. The van der Waals surface area contributed by atoms with Gasteiger partial charge < -0.3 is 20.6 Å². The van der Waals surface area contributed by atoms with Crippen LogP contribution in [0, 0.1) is 0 Å². The average Bonchev–Trinajstić information content (AvgIpc) is 2.30. The molecule has 0 rings (SSSR count). The second-order valence-electron chi connectivity index (χ2n) is 3.24. The molecule has 3 amide bonds. The highest BCUT2D eigenvalue weighted by molar-refractivity contribution is 7.98. The molecular weight excluding hydrogens is 246 g/mol. The molecule has 0 aliphatic carbocycles. The molecule has 98 valence electrons. The number of rotatable bonds is 7. The van der Waals surface area contributed by atoms with Crippen LogP contribution in [0.5, 0.6) is 0 Å². The SMILES string of the molecule is CSCCN(C)C(=O)NCC(=O)NCC(=O)O. The summed E-state index contributed by atoms with van der Waals surface area (Å²) in [4.78, 5) is 34.1. The van der Waals surface area contributed by atoms with Crippen molar-refractivity contribution in [3.8, 4) is 0 Å². The van der Waals surface area contributed by atoms with Gasteiger partial charge >= 0.3 is 12.0 Å². The van der Waals surface area contributed by atoms with E-state index in [1.54, 1.807) is 18.8 Å². The van der Waals surface area contributed by atoms with Gasteiger partial charge in [-0.3, -0.25) is 9.59 Å². The van der Waals surface area contributed by atoms with E-state index in [9.17, 15) is 14.4 Å². The summed E-state index contributed by atoms with van der Waals surface area (Å²) in [6.07, 6.45) is 1.94. The number of carbonyl (C=O) groups is 3. The van der Waals surface area contributed by atoms with Crippen molar-refractivity contribution in [1.82, 2.24) is 15.5 Å². The topological polar surface area (TPSA) is 98.7 Å². The number of carboxylic acids is 1. The van der Waals surface area contributed by atoms with E-state index >= 15 is 0 Å². The average molecular weight is 263 g/mol. The molecular formula is C9H17N3O4S. The van der Waals surface area contributed by atoms with Crippen molar-refractivity contribution in [2.75, 3.05) is 38.7 Å². The number of nitrogens with zero attached hydrogens (tertiary/aromatic N) is 1. The molecule has 0 fully saturated rings. The third-order valence-corrected chi connectivity index (χ3v) is 2.41. The minimum Gasteiger partial charge on any atom is -0.480 e. The first-order valence-electron chi connectivity index (χ1n) is 4.93. The molecule has 0 atom stereocenters. The fourth-order valence-electron chi connectivity index (χ4n) is 0.857. The molecule has 0 saturated heterocycles. The van der Waals surface area contributed by atoms with Gasteiger partial charge in [0.05, 0.1) is 6.54 Å². The van der Waals surface area contributed by atoms with E-state index in [1.807, 2.05) is 6.26 Å². The molecule has 0 bridgehead atoms. The summed E-state index contributed by atoms with van der Waals surface area (Å²) in [5.41, 5.74) is 0. The van der Waals surface area contributed by atoms with Crippen LogP contribution in [0.1, 0.15) is 0 Å². The number of carboxylic acid groups (broad SMARTS) is 1. The second kappa shape index (κ2) is 8.68. The summed E-state index contributed by atoms with van der Waals surface area (Å²) in [6.45, 7) is -0.0868. The monoisotopic (exact) mass is 263 g/mol. The Labute approximate surface area is 104 Å². The number of aliphatic carboxylic acids is 1. The van der Waals surface area contributed by atoms with Gasteiger partial charge in [-0.05, 0) is 6.26 Å². The van der Waals surface area contributed by atoms with E-state index in [0.717, 1.165) is 5.75 Å². The molecule has 0 heterocycles. The lowest BCUT2D eigenvalue weighted by atomic mass is 10.5. The van der Waals surface area contributed by atoms with Gasteiger partial charge in [0.2, 0.25) is 5.91 Å². The molecule has 0 aromatic heterocycles. The molecule has 0 saturated carbocycles. The Morgan fingerprint density at radius 1 is 1.24 bits per heavy atom. The van der Waals surface area contributed by atoms with E-state index in [1.165, 1.54) is 4.90 Å². The number of amides is 3. The summed E-state index contributed by atoms with van der Waals surface area (Å²) in [6, 6.07) is -0.357. The quantitative estimate of drug-likeness (QED) is 0.558. The Morgan fingerprint density at radius 2 is 1.88 bits per heavy atom. The number of nitrogens with one attached hydrogen (secondary N) is 2. The first kappa shape index (κ1) is 15.6. The molecule has 7 nitrogen and oxygen atoms in total. The van der Waals surface area contributed by atoms with Gasteiger partial charge in [-0.1, -0.05) is 0 Å². The molecule has 0 radical (unpaired) electrons. The van der Waals surface area contributed by atoms with Crippen LogP contribution in [0.3, 0.4) is 0 Å². The van der Waals surface area contributed by atoms with Gasteiger partial charge in [0.1, 0.15) is 6.54 Å². The number of carbonyl (C=O) groups excluding carboxylic acids is 2. The Kier molecular flexibility index (Phi) is 7.95. The van der Waals surface area contributed by atoms with E-state index in [0.29, 0.717) is 6.54 Å². The van der Waals surface area contributed by atoms with Crippen LogP contribution in [0.2, 0.25) is 0 Å². The standard InChI is InChI=1S/C9H17N3O4S/c1-12(3-4-17-2)9(16)11-5-7(13)10-6-8(14)15/h3-6H2,1-2H3,(H,10,13)(H,11,16)(H,14,15). The normalized spacial score (nSPS) is 9.53. The van der Waals surface area contributed by atoms with Crippen molar-refractivity contribution in [3.05, 3.63) is 0 Å². The maximum atomic E-state index is 11.4. The zero-order chi connectivity index (χ0) is 13.3. The number of hydrogen-bond acceptors (Lipinski definition) is 4. The van der Waals surface area contributed by atoms with Crippen LogP contribution in [0.4, 0.5) is 4.79 Å². The van der Waals surface area contributed by atoms with Gasteiger partial charge in [-0.25, -0.2) is 4.79 Å². The smallest absolute Gasteiger partial charge is 0.322 e. The lowest BCUT2D eigenvalue weighted by molar-refractivity contribution is -0.137. The van der Waals surface area contributed by atoms with Gasteiger partial charge in [0.15, 0.2) is 0 Å². The summed E-state index contributed by atoms with van der Waals surface area (Å²) < 4.78 is 0. The van der Waals surface area contributed by atoms with Crippen molar-refractivity contribution in [1.29, 1.82) is 0 Å². The zero-order valence-corrected chi connectivity index (χ0v) is 10.7. The summed E-state index contributed by atoms with van der Waals surface area (Å²) >= 11 is 1.62. The predicted molar refractivity (Wildman–Crippen MR) is 65.1 cm³/mol.